The van der Waals surface area contributed by atoms with Gasteiger partial charge in [-0.05, 0) is 6.42 Å². The first-order valence-electron chi connectivity index (χ1n) is 3.67. The molecule has 0 heterocycles. The van der Waals surface area contributed by atoms with Gasteiger partial charge >= 0.3 is 0 Å². The zero-order chi connectivity index (χ0) is 9.23. The normalized spacial score (nSPS) is 11.7. The molecule has 0 saturated carbocycles. The van der Waals surface area contributed by atoms with Crippen molar-refractivity contribution in [3.63, 3.8) is 0 Å². The number of nitrogens with zero attached hydrogens (tertiary/aromatic N) is 1. The predicted octanol–water partition coefficient (Wildman–Crippen LogP) is 2.18. The molecule has 0 unspecified atom stereocenters. The van der Waals surface area contributed by atoms with Gasteiger partial charge in [0.25, 0.3) is 0 Å². The highest BCUT2D eigenvalue weighted by atomic mass is 14.7. The molecule has 12 heavy (non-hydrogen) atoms. The SMILES string of the molecule is C=C/C=C\C/C=C\N=C/C(=C)N. The number of allylic oxidation sites excluding steroid dienone is 5. The average molecular weight is 162 g/mol. The summed E-state index contributed by atoms with van der Waals surface area (Å²) in [7, 11) is 0. The van der Waals surface area contributed by atoms with Crippen molar-refractivity contribution in [2.45, 2.75) is 6.42 Å². The lowest BCUT2D eigenvalue weighted by Crippen LogP contribution is -1.93. The highest BCUT2D eigenvalue weighted by molar-refractivity contribution is 5.76. The molecule has 0 rings (SSSR count). The molecule has 0 amide bonds. The van der Waals surface area contributed by atoms with Gasteiger partial charge in [-0.1, -0.05) is 37.5 Å². The fourth-order valence-corrected chi connectivity index (χ4v) is 0.514. The maximum absolute atomic E-state index is 5.25. The fraction of sp³-hybridized carbons (Fsp3) is 0.100. The summed E-state index contributed by atoms with van der Waals surface area (Å²) in [5, 5.41) is 0. The Hall–Kier alpha value is -1.57. The second-order valence-electron chi connectivity index (χ2n) is 2.14. The van der Waals surface area contributed by atoms with E-state index < -0.39 is 0 Å². The molecule has 0 aromatic rings. The molecule has 0 spiro atoms. The Kier molecular flexibility index (Phi) is 6.55. The number of rotatable bonds is 5. The molecule has 0 aliphatic rings. The van der Waals surface area contributed by atoms with Crippen LogP contribution in [0.3, 0.4) is 0 Å². The molecule has 64 valence electrons. The largest absolute Gasteiger partial charge is 0.398 e. The van der Waals surface area contributed by atoms with E-state index in [2.05, 4.69) is 18.2 Å². The molecule has 0 aromatic carbocycles. The molecular weight excluding hydrogens is 148 g/mol. The van der Waals surface area contributed by atoms with Crippen molar-refractivity contribution >= 4 is 6.21 Å². The fourth-order valence-electron chi connectivity index (χ4n) is 0.514. The van der Waals surface area contributed by atoms with Crippen LogP contribution in [0.4, 0.5) is 0 Å². The Bertz CT molecular complexity index is 222. The van der Waals surface area contributed by atoms with Crippen LogP contribution in [0.1, 0.15) is 6.42 Å². The highest BCUT2D eigenvalue weighted by Gasteiger charge is 1.71. The van der Waals surface area contributed by atoms with Crippen molar-refractivity contribution < 1.29 is 0 Å². The Morgan fingerprint density at radius 3 is 2.75 bits per heavy atom. The van der Waals surface area contributed by atoms with Gasteiger partial charge in [-0.15, -0.1) is 0 Å². The van der Waals surface area contributed by atoms with Crippen LogP contribution >= 0.6 is 0 Å². The van der Waals surface area contributed by atoms with Gasteiger partial charge in [-0.3, -0.25) is 4.99 Å². The molecule has 0 radical (unpaired) electrons. The van der Waals surface area contributed by atoms with Crippen LogP contribution in [0.2, 0.25) is 0 Å². The van der Waals surface area contributed by atoms with Crippen molar-refractivity contribution in [2.75, 3.05) is 0 Å². The molecule has 0 atom stereocenters. The number of nitrogens with two attached hydrogens (primary N) is 1. The summed E-state index contributed by atoms with van der Waals surface area (Å²) in [5.74, 6) is 0. The molecule has 0 bridgehead atoms. The monoisotopic (exact) mass is 162 g/mol. The zero-order valence-electron chi connectivity index (χ0n) is 7.11. The number of aliphatic imine (C=N–C) groups is 1. The summed E-state index contributed by atoms with van der Waals surface area (Å²) < 4.78 is 0. The Balaban J connectivity index is 3.56. The summed E-state index contributed by atoms with van der Waals surface area (Å²) >= 11 is 0. The summed E-state index contributed by atoms with van der Waals surface area (Å²) in [6, 6.07) is 0. The Morgan fingerprint density at radius 1 is 1.42 bits per heavy atom. The van der Waals surface area contributed by atoms with Crippen LogP contribution in [0.15, 0.2) is 54.4 Å². The third-order valence-corrected chi connectivity index (χ3v) is 0.976. The molecule has 0 aliphatic carbocycles. The van der Waals surface area contributed by atoms with Crippen LogP contribution < -0.4 is 5.73 Å². The van der Waals surface area contributed by atoms with E-state index in [9.17, 15) is 0 Å². The lowest BCUT2D eigenvalue weighted by atomic mass is 10.3. The first-order chi connectivity index (χ1) is 5.77. The number of hydrogen-bond donors (Lipinski definition) is 1. The van der Waals surface area contributed by atoms with E-state index in [1.165, 1.54) is 6.21 Å². The summed E-state index contributed by atoms with van der Waals surface area (Å²) in [4.78, 5) is 3.88. The van der Waals surface area contributed by atoms with Gasteiger partial charge < -0.3 is 5.73 Å². The van der Waals surface area contributed by atoms with E-state index in [1.807, 2.05) is 18.2 Å². The summed E-state index contributed by atoms with van der Waals surface area (Å²) in [6.45, 7) is 7.02. The summed E-state index contributed by atoms with van der Waals surface area (Å²) in [5.41, 5.74) is 5.71. The Labute approximate surface area is 73.5 Å². The van der Waals surface area contributed by atoms with Crippen molar-refractivity contribution in [3.8, 4) is 0 Å². The molecule has 0 fully saturated rings. The van der Waals surface area contributed by atoms with E-state index >= 15 is 0 Å². The van der Waals surface area contributed by atoms with Crippen LogP contribution in [0.5, 0.6) is 0 Å². The molecule has 2 heteroatoms. The highest BCUT2D eigenvalue weighted by Crippen LogP contribution is 1.86. The van der Waals surface area contributed by atoms with Crippen LogP contribution in [0.25, 0.3) is 0 Å². The topological polar surface area (TPSA) is 38.4 Å². The molecule has 2 N–H and O–H groups in total. The molecular formula is C10H14N2. The van der Waals surface area contributed by atoms with Crippen molar-refractivity contribution in [1.82, 2.24) is 0 Å². The quantitative estimate of drug-likeness (QED) is 0.488. The van der Waals surface area contributed by atoms with Gasteiger partial charge in [0.2, 0.25) is 0 Å². The maximum Gasteiger partial charge on any atom is 0.0491 e. The molecule has 0 saturated heterocycles. The van der Waals surface area contributed by atoms with Gasteiger partial charge in [0.05, 0.1) is 0 Å². The minimum atomic E-state index is 0.460. The van der Waals surface area contributed by atoms with Crippen LogP contribution in [-0.4, -0.2) is 6.21 Å². The Morgan fingerprint density at radius 2 is 2.17 bits per heavy atom. The van der Waals surface area contributed by atoms with Gasteiger partial charge in [0, 0.05) is 18.1 Å². The minimum Gasteiger partial charge on any atom is -0.398 e. The van der Waals surface area contributed by atoms with Crippen LogP contribution in [0, 0.1) is 0 Å². The predicted molar refractivity (Wildman–Crippen MR) is 54.9 cm³/mol. The standard InChI is InChI=1S/C10H14N2/c1-3-4-5-6-7-8-12-9-10(2)11/h3-5,7-9H,1-2,6,11H2/b5-4-,8-7-,12-9-. The van der Waals surface area contributed by atoms with Gasteiger partial charge in [0.15, 0.2) is 0 Å². The molecule has 0 aliphatic heterocycles. The second-order valence-corrected chi connectivity index (χ2v) is 2.14. The van der Waals surface area contributed by atoms with E-state index in [0.717, 1.165) is 6.42 Å². The number of hydrogen-bond acceptors (Lipinski definition) is 2. The average Bonchev–Trinajstić information content (AvgIpc) is 2.02. The maximum atomic E-state index is 5.25. The zero-order valence-corrected chi connectivity index (χ0v) is 7.11. The molecule has 2 nitrogen and oxygen atoms in total. The summed E-state index contributed by atoms with van der Waals surface area (Å²) in [6.07, 6.45) is 11.6. The van der Waals surface area contributed by atoms with E-state index in [1.54, 1.807) is 12.3 Å². The van der Waals surface area contributed by atoms with Gasteiger partial charge in [0.1, 0.15) is 0 Å². The smallest absolute Gasteiger partial charge is 0.0491 e. The lowest BCUT2D eigenvalue weighted by Gasteiger charge is -1.81. The lowest BCUT2D eigenvalue weighted by molar-refractivity contribution is 1.36. The third-order valence-electron chi connectivity index (χ3n) is 0.976. The third kappa shape index (κ3) is 8.43. The van der Waals surface area contributed by atoms with E-state index in [4.69, 9.17) is 5.73 Å². The van der Waals surface area contributed by atoms with E-state index in [0.29, 0.717) is 5.70 Å². The van der Waals surface area contributed by atoms with Crippen molar-refractivity contribution in [2.24, 2.45) is 10.7 Å². The van der Waals surface area contributed by atoms with Gasteiger partial charge in [-0.2, -0.15) is 0 Å². The first kappa shape index (κ1) is 10.4. The van der Waals surface area contributed by atoms with Gasteiger partial charge in [-0.25, -0.2) is 0 Å². The minimum absolute atomic E-state index is 0.460. The van der Waals surface area contributed by atoms with Crippen LogP contribution in [-0.2, 0) is 0 Å². The van der Waals surface area contributed by atoms with Crippen molar-refractivity contribution in [1.29, 1.82) is 0 Å². The molecule has 0 aromatic heterocycles. The van der Waals surface area contributed by atoms with E-state index in [-0.39, 0.29) is 0 Å². The first-order valence-corrected chi connectivity index (χ1v) is 3.67. The second kappa shape index (κ2) is 7.54. The van der Waals surface area contributed by atoms with Crippen molar-refractivity contribution in [3.05, 3.63) is 49.4 Å².